The summed E-state index contributed by atoms with van der Waals surface area (Å²) in [5.41, 5.74) is 3.69. The largest absolute Gasteiger partial charge is 0.271 e. The molecule has 0 amide bonds. The summed E-state index contributed by atoms with van der Waals surface area (Å²) in [4.78, 5) is 0. The molecule has 0 bridgehead atoms. The molecule has 5 heteroatoms. The molecule has 0 heterocycles. The molecule has 18 heavy (non-hydrogen) atoms. The molecule has 0 aliphatic carbocycles. The monoisotopic (exact) mass is 360 g/mol. The lowest BCUT2D eigenvalue weighted by Crippen LogP contribution is -2.29. The predicted molar refractivity (Wildman–Crippen MR) is 74.7 cm³/mol. The van der Waals surface area contributed by atoms with Crippen molar-refractivity contribution in [3.8, 4) is 0 Å². The maximum atomic E-state index is 13.7. The van der Waals surface area contributed by atoms with Crippen LogP contribution in [0.3, 0.4) is 0 Å². The van der Waals surface area contributed by atoms with Gasteiger partial charge < -0.3 is 0 Å². The lowest BCUT2D eigenvalue weighted by atomic mass is 9.99. The Balaban J connectivity index is 2.41. The summed E-state index contributed by atoms with van der Waals surface area (Å²) in [6.07, 6.45) is 0. The maximum Gasteiger partial charge on any atom is 0.131 e. The fourth-order valence-corrected chi connectivity index (χ4v) is 2.12. The summed E-state index contributed by atoms with van der Waals surface area (Å²) in [6.45, 7) is 0. The molecule has 1 atom stereocenters. The number of rotatable bonds is 3. The van der Waals surface area contributed by atoms with E-state index in [0.29, 0.717) is 5.56 Å². The fourth-order valence-electron chi connectivity index (χ4n) is 1.76. The number of nitrogens with one attached hydrogen (secondary N) is 1. The second-order valence-electron chi connectivity index (χ2n) is 3.82. The standard InChI is InChI=1S/C13H11F2IN2/c14-9-3-6-11(12(15)7-9)13(18-17)8-1-4-10(16)5-2-8/h1-7,13,18H,17H2. The van der Waals surface area contributed by atoms with Gasteiger partial charge in [-0.1, -0.05) is 18.2 Å². The summed E-state index contributed by atoms with van der Waals surface area (Å²) in [6, 6.07) is 10.5. The van der Waals surface area contributed by atoms with Crippen molar-refractivity contribution in [3.05, 3.63) is 68.8 Å². The number of hydrogen-bond donors (Lipinski definition) is 2. The van der Waals surface area contributed by atoms with E-state index in [9.17, 15) is 8.78 Å². The lowest BCUT2D eigenvalue weighted by molar-refractivity contribution is 0.541. The molecule has 94 valence electrons. The van der Waals surface area contributed by atoms with Gasteiger partial charge in [0.15, 0.2) is 0 Å². The second-order valence-corrected chi connectivity index (χ2v) is 5.06. The molecule has 0 radical (unpaired) electrons. The third-order valence-corrected chi connectivity index (χ3v) is 3.36. The van der Waals surface area contributed by atoms with E-state index in [2.05, 4.69) is 28.0 Å². The van der Waals surface area contributed by atoms with Gasteiger partial charge in [-0.2, -0.15) is 0 Å². The first-order valence-electron chi connectivity index (χ1n) is 5.28. The van der Waals surface area contributed by atoms with Crippen molar-refractivity contribution in [2.75, 3.05) is 0 Å². The average molecular weight is 360 g/mol. The molecule has 0 aliphatic rings. The van der Waals surface area contributed by atoms with Crippen LogP contribution in [0.1, 0.15) is 17.2 Å². The van der Waals surface area contributed by atoms with Crippen LogP contribution in [0.2, 0.25) is 0 Å². The molecule has 0 aromatic heterocycles. The van der Waals surface area contributed by atoms with Gasteiger partial charge in [0.05, 0.1) is 6.04 Å². The molecule has 2 aromatic rings. The molecule has 0 spiro atoms. The molecule has 1 unspecified atom stereocenters. The number of halogens is 3. The zero-order chi connectivity index (χ0) is 13.1. The minimum atomic E-state index is -0.614. The van der Waals surface area contributed by atoms with Crippen LogP contribution in [0.5, 0.6) is 0 Å². The normalized spacial score (nSPS) is 12.4. The van der Waals surface area contributed by atoms with E-state index in [4.69, 9.17) is 5.84 Å². The van der Waals surface area contributed by atoms with E-state index in [1.54, 1.807) is 0 Å². The molecule has 0 saturated carbocycles. The second kappa shape index (κ2) is 5.73. The summed E-state index contributed by atoms with van der Waals surface area (Å²) < 4.78 is 27.7. The van der Waals surface area contributed by atoms with Crippen LogP contribution in [-0.4, -0.2) is 0 Å². The minimum absolute atomic E-state index is 0.320. The van der Waals surface area contributed by atoms with Gasteiger partial charge in [0.1, 0.15) is 11.6 Å². The van der Waals surface area contributed by atoms with Crippen molar-refractivity contribution in [1.82, 2.24) is 5.43 Å². The van der Waals surface area contributed by atoms with Gasteiger partial charge in [0.2, 0.25) is 0 Å². The van der Waals surface area contributed by atoms with E-state index >= 15 is 0 Å². The Morgan fingerprint density at radius 3 is 2.28 bits per heavy atom. The number of hydrogen-bond acceptors (Lipinski definition) is 2. The van der Waals surface area contributed by atoms with Crippen LogP contribution in [-0.2, 0) is 0 Å². The summed E-state index contributed by atoms with van der Waals surface area (Å²) in [5.74, 6) is 4.25. The first-order valence-corrected chi connectivity index (χ1v) is 6.36. The summed E-state index contributed by atoms with van der Waals surface area (Å²) in [5, 5.41) is 0. The number of benzene rings is 2. The lowest BCUT2D eigenvalue weighted by Gasteiger charge is -2.17. The Morgan fingerprint density at radius 1 is 1.06 bits per heavy atom. The first kappa shape index (κ1) is 13.4. The van der Waals surface area contributed by atoms with Gasteiger partial charge in [0.25, 0.3) is 0 Å². The van der Waals surface area contributed by atoms with Crippen molar-refractivity contribution in [2.45, 2.75) is 6.04 Å². The number of hydrazine groups is 1. The smallest absolute Gasteiger partial charge is 0.131 e. The average Bonchev–Trinajstić information content (AvgIpc) is 2.35. The first-order chi connectivity index (χ1) is 8.61. The topological polar surface area (TPSA) is 38.0 Å². The van der Waals surface area contributed by atoms with Gasteiger partial charge in [-0.05, 0) is 46.4 Å². The Bertz CT molecular complexity index is 543. The van der Waals surface area contributed by atoms with Crippen LogP contribution in [0.15, 0.2) is 42.5 Å². The Labute approximate surface area is 117 Å². The van der Waals surface area contributed by atoms with E-state index < -0.39 is 17.7 Å². The Hall–Kier alpha value is -1.05. The van der Waals surface area contributed by atoms with Gasteiger partial charge >= 0.3 is 0 Å². The van der Waals surface area contributed by atoms with E-state index in [0.717, 1.165) is 15.2 Å². The van der Waals surface area contributed by atoms with Crippen molar-refractivity contribution in [3.63, 3.8) is 0 Å². The van der Waals surface area contributed by atoms with Gasteiger partial charge in [-0.25, -0.2) is 14.2 Å². The molecule has 3 N–H and O–H groups in total. The third-order valence-electron chi connectivity index (χ3n) is 2.64. The SMILES string of the molecule is NNC(c1ccc(I)cc1)c1ccc(F)cc1F. The quantitative estimate of drug-likeness (QED) is 0.502. The molecular formula is C13H11F2IN2. The van der Waals surface area contributed by atoms with Crippen LogP contribution >= 0.6 is 22.6 Å². The molecule has 2 nitrogen and oxygen atoms in total. The van der Waals surface area contributed by atoms with Crippen molar-refractivity contribution >= 4 is 22.6 Å². The van der Waals surface area contributed by atoms with Crippen LogP contribution < -0.4 is 11.3 Å². The van der Waals surface area contributed by atoms with Gasteiger partial charge in [-0.15, -0.1) is 0 Å². The van der Waals surface area contributed by atoms with Crippen LogP contribution in [0.4, 0.5) is 8.78 Å². The van der Waals surface area contributed by atoms with Crippen molar-refractivity contribution in [2.24, 2.45) is 5.84 Å². The number of nitrogens with two attached hydrogens (primary N) is 1. The molecule has 2 rings (SSSR count). The highest BCUT2D eigenvalue weighted by Gasteiger charge is 2.16. The highest BCUT2D eigenvalue weighted by atomic mass is 127. The summed E-state index contributed by atoms with van der Waals surface area (Å²) >= 11 is 2.18. The molecule has 0 aliphatic heterocycles. The fraction of sp³-hybridized carbons (Fsp3) is 0.0769. The Kier molecular flexibility index (Phi) is 4.26. The summed E-state index contributed by atoms with van der Waals surface area (Å²) in [7, 11) is 0. The molecule has 0 fully saturated rings. The minimum Gasteiger partial charge on any atom is -0.271 e. The molecular weight excluding hydrogens is 349 g/mol. The highest BCUT2D eigenvalue weighted by molar-refractivity contribution is 14.1. The van der Waals surface area contributed by atoms with Crippen LogP contribution in [0, 0.1) is 15.2 Å². The van der Waals surface area contributed by atoms with Gasteiger partial charge in [0, 0.05) is 15.2 Å². The van der Waals surface area contributed by atoms with Gasteiger partial charge in [-0.3, -0.25) is 5.84 Å². The molecule has 0 saturated heterocycles. The van der Waals surface area contributed by atoms with E-state index in [1.807, 2.05) is 24.3 Å². The van der Waals surface area contributed by atoms with E-state index in [1.165, 1.54) is 12.1 Å². The Morgan fingerprint density at radius 2 is 1.72 bits per heavy atom. The predicted octanol–water partition coefficient (Wildman–Crippen LogP) is 3.12. The third kappa shape index (κ3) is 2.85. The van der Waals surface area contributed by atoms with Crippen molar-refractivity contribution in [1.29, 1.82) is 0 Å². The highest BCUT2D eigenvalue weighted by Crippen LogP contribution is 2.24. The molecule has 2 aromatic carbocycles. The van der Waals surface area contributed by atoms with E-state index in [-0.39, 0.29) is 0 Å². The van der Waals surface area contributed by atoms with Crippen molar-refractivity contribution < 1.29 is 8.78 Å². The van der Waals surface area contributed by atoms with Crippen LogP contribution in [0.25, 0.3) is 0 Å². The zero-order valence-electron chi connectivity index (χ0n) is 9.33. The maximum absolute atomic E-state index is 13.7. The zero-order valence-corrected chi connectivity index (χ0v) is 11.5.